The standard InChI is InChI=1S/C16H25NO4/c1-3-21-15(18)14-4-7-16(19,8-5-14)12-17(2)10-13-6-9-20-11-13/h6,9,11,14,19H,3-5,7-8,10,12H2,1-2H3. The second-order valence-corrected chi connectivity index (χ2v) is 6.05. The van der Waals surface area contributed by atoms with Gasteiger partial charge in [0.25, 0.3) is 0 Å². The topological polar surface area (TPSA) is 62.9 Å². The number of esters is 1. The van der Waals surface area contributed by atoms with Gasteiger partial charge in [0.1, 0.15) is 0 Å². The smallest absolute Gasteiger partial charge is 0.308 e. The second-order valence-electron chi connectivity index (χ2n) is 6.05. The van der Waals surface area contributed by atoms with Gasteiger partial charge in [-0.15, -0.1) is 0 Å². The minimum absolute atomic E-state index is 0.0515. The van der Waals surface area contributed by atoms with Crippen LogP contribution in [0.25, 0.3) is 0 Å². The van der Waals surface area contributed by atoms with Crippen LogP contribution in [-0.2, 0) is 16.1 Å². The highest BCUT2D eigenvalue weighted by Crippen LogP contribution is 2.33. The van der Waals surface area contributed by atoms with Crippen LogP contribution in [0.1, 0.15) is 38.2 Å². The van der Waals surface area contributed by atoms with Gasteiger partial charge in [-0.2, -0.15) is 0 Å². The Morgan fingerprint density at radius 2 is 2.24 bits per heavy atom. The lowest BCUT2D eigenvalue weighted by atomic mass is 9.78. The zero-order chi connectivity index (χ0) is 15.3. The lowest BCUT2D eigenvalue weighted by Crippen LogP contribution is -2.45. The maximum Gasteiger partial charge on any atom is 0.308 e. The average molecular weight is 295 g/mol. The molecule has 1 N–H and O–H groups in total. The van der Waals surface area contributed by atoms with Crippen molar-refractivity contribution in [2.75, 3.05) is 20.2 Å². The van der Waals surface area contributed by atoms with Crippen LogP contribution in [0.4, 0.5) is 0 Å². The quantitative estimate of drug-likeness (QED) is 0.815. The molecule has 0 bridgehead atoms. The summed E-state index contributed by atoms with van der Waals surface area (Å²) in [5.41, 5.74) is 0.392. The summed E-state index contributed by atoms with van der Waals surface area (Å²) in [6.45, 7) is 3.60. The van der Waals surface area contributed by atoms with Gasteiger partial charge in [0.05, 0.1) is 30.7 Å². The number of rotatable bonds is 6. The van der Waals surface area contributed by atoms with Gasteiger partial charge in [0, 0.05) is 18.7 Å². The molecule has 0 radical (unpaired) electrons. The predicted octanol–water partition coefficient (Wildman–Crippen LogP) is 2.20. The third kappa shape index (κ3) is 4.58. The van der Waals surface area contributed by atoms with E-state index in [-0.39, 0.29) is 11.9 Å². The molecule has 1 saturated carbocycles. The molecule has 1 aliphatic carbocycles. The predicted molar refractivity (Wildman–Crippen MR) is 78.6 cm³/mol. The van der Waals surface area contributed by atoms with E-state index < -0.39 is 5.60 Å². The van der Waals surface area contributed by atoms with Gasteiger partial charge in [-0.05, 0) is 45.7 Å². The Morgan fingerprint density at radius 3 is 2.81 bits per heavy atom. The molecule has 0 atom stereocenters. The van der Waals surface area contributed by atoms with Gasteiger partial charge in [-0.3, -0.25) is 9.69 Å². The number of ether oxygens (including phenoxy) is 1. The SMILES string of the molecule is CCOC(=O)C1CCC(O)(CN(C)Cc2ccoc2)CC1. The van der Waals surface area contributed by atoms with Crippen molar-refractivity contribution in [1.29, 1.82) is 0 Å². The zero-order valence-corrected chi connectivity index (χ0v) is 12.9. The van der Waals surface area contributed by atoms with Crippen LogP contribution >= 0.6 is 0 Å². The normalized spacial score (nSPS) is 26.0. The van der Waals surface area contributed by atoms with Crippen molar-refractivity contribution in [3.8, 4) is 0 Å². The Bertz CT molecular complexity index is 435. The van der Waals surface area contributed by atoms with E-state index in [0.717, 1.165) is 12.1 Å². The summed E-state index contributed by atoms with van der Waals surface area (Å²) in [7, 11) is 1.99. The molecule has 0 amide bonds. The monoisotopic (exact) mass is 295 g/mol. The van der Waals surface area contributed by atoms with E-state index in [1.165, 1.54) is 0 Å². The fourth-order valence-electron chi connectivity index (χ4n) is 3.06. The number of furan rings is 1. The molecular weight excluding hydrogens is 270 g/mol. The first-order chi connectivity index (χ1) is 10.0. The van der Waals surface area contributed by atoms with Crippen LogP contribution < -0.4 is 0 Å². The highest BCUT2D eigenvalue weighted by atomic mass is 16.5. The lowest BCUT2D eigenvalue weighted by molar-refractivity contribution is -0.151. The van der Waals surface area contributed by atoms with Crippen LogP contribution in [0, 0.1) is 5.92 Å². The summed E-state index contributed by atoms with van der Waals surface area (Å²) in [5.74, 6) is -0.171. The lowest BCUT2D eigenvalue weighted by Gasteiger charge is -2.37. The molecule has 5 heteroatoms. The van der Waals surface area contributed by atoms with Crippen molar-refractivity contribution < 1.29 is 19.1 Å². The molecule has 1 heterocycles. The summed E-state index contributed by atoms with van der Waals surface area (Å²) in [5, 5.41) is 10.7. The highest BCUT2D eigenvalue weighted by Gasteiger charge is 2.37. The average Bonchev–Trinajstić information content (AvgIpc) is 2.92. The van der Waals surface area contributed by atoms with E-state index in [9.17, 15) is 9.90 Å². The second kappa shape index (κ2) is 7.09. The summed E-state index contributed by atoms with van der Waals surface area (Å²) < 4.78 is 10.1. The molecule has 0 aromatic carbocycles. The van der Waals surface area contributed by atoms with Crippen molar-refractivity contribution in [3.05, 3.63) is 24.2 Å². The van der Waals surface area contributed by atoms with Crippen molar-refractivity contribution in [2.24, 2.45) is 5.92 Å². The van der Waals surface area contributed by atoms with Crippen molar-refractivity contribution >= 4 is 5.97 Å². The van der Waals surface area contributed by atoms with Crippen LogP contribution in [0.15, 0.2) is 23.0 Å². The minimum atomic E-state index is -0.707. The molecule has 118 valence electrons. The van der Waals surface area contributed by atoms with E-state index in [0.29, 0.717) is 38.8 Å². The van der Waals surface area contributed by atoms with Crippen molar-refractivity contribution in [1.82, 2.24) is 4.90 Å². The van der Waals surface area contributed by atoms with Crippen molar-refractivity contribution in [3.63, 3.8) is 0 Å². The highest BCUT2D eigenvalue weighted by molar-refractivity contribution is 5.72. The van der Waals surface area contributed by atoms with E-state index >= 15 is 0 Å². The number of aliphatic hydroxyl groups is 1. The van der Waals surface area contributed by atoms with E-state index in [4.69, 9.17) is 9.15 Å². The number of likely N-dealkylation sites (N-methyl/N-ethyl adjacent to an activating group) is 1. The zero-order valence-electron chi connectivity index (χ0n) is 12.9. The molecule has 1 aromatic heterocycles. The summed E-state index contributed by atoms with van der Waals surface area (Å²) in [4.78, 5) is 13.8. The Balaban J connectivity index is 1.80. The largest absolute Gasteiger partial charge is 0.472 e. The molecule has 0 unspecified atom stereocenters. The molecule has 1 aromatic rings. The first-order valence-electron chi connectivity index (χ1n) is 7.61. The van der Waals surface area contributed by atoms with Gasteiger partial charge in [0.2, 0.25) is 0 Å². The number of carbonyl (C=O) groups excluding carboxylic acids is 1. The van der Waals surface area contributed by atoms with Crippen LogP contribution in [0.5, 0.6) is 0 Å². The Labute approximate surface area is 125 Å². The molecular formula is C16H25NO4. The molecule has 0 aliphatic heterocycles. The number of carbonyl (C=O) groups is 1. The molecule has 1 fully saturated rings. The molecule has 0 saturated heterocycles. The van der Waals surface area contributed by atoms with Gasteiger partial charge in [0.15, 0.2) is 0 Å². The van der Waals surface area contributed by atoms with E-state index in [2.05, 4.69) is 4.90 Å². The third-order valence-corrected chi connectivity index (χ3v) is 4.13. The maximum absolute atomic E-state index is 11.7. The summed E-state index contributed by atoms with van der Waals surface area (Å²) in [6, 6.07) is 1.93. The first kappa shape index (κ1) is 16.0. The summed E-state index contributed by atoms with van der Waals surface area (Å²) >= 11 is 0. The fourth-order valence-corrected chi connectivity index (χ4v) is 3.06. The van der Waals surface area contributed by atoms with Crippen molar-refractivity contribution in [2.45, 2.75) is 44.8 Å². The number of nitrogens with zero attached hydrogens (tertiary/aromatic N) is 1. The van der Waals surface area contributed by atoms with Crippen LogP contribution in [0.3, 0.4) is 0 Å². The number of hydrogen-bond donors (Lipinski definition) is 1. The molecule has 2 rings (SSSR count). The summed E-state index contributed by atoms with van der Waals surface area (Å²) in [6.07, 6.45) is 6.07. The van der Waals surface area contributed by atoms with Gasteiger partial charge in [-0.25, -0.2) is 0 Å². The maximum atomic E-state index is 11.7. The fraction of sp³-hybridized carbons (Fsp3) is 0.688. The van der Waals surface area contributed by atoms with Gasteiger partial charge in [-0.1, -0.05) is 0 Å². The van der Waals surface area contributed by atoms with Crippen LogP contribution in [-0.4, -0.2) is 41.8 Å². The third-order valence-electron chi connectivity index (χ3n) is 4.13. The van der Waals surface area contributed by atoms with E-state index in [1.807, 2.05) is 20.0 Å². The van der Waals surface area contributed by atoms with Gasteiger partial charge < -0.3 is 14.3 Å². The molecule has 21 heavy (non-hydrogen) atoms. The Kier molecular flexibility index (Phi) is 5.42. The first-order valence-corrected chi connectivity index (χ1v) is 7.61. The Hall–Kier alpha value is -1.33. The molecule has 5 nitrogen and oxygen atoms in total. The molecule has 0 spiro atoms. The molecule has 1 aliphatic rings. The van der Waals surface area contributed by atoms with Gasteiger partial charge >= 0.3 is 5.97 Å². The number of hydrogen-bond acceptors (Lipinski definition) is 5. The van der Waals surface area contributed by atoms with E-state index in [1.54, 1.807) is 12.5 Å². The Morgan fingerprint density at radius 1 is 1.52 bits per heavy atom. The minimum Gasteiger partial charge on any atom is -0.472 e. The van der Waals surface area contributed by atoms with Crippen LogP contribution in [0.2, 0.25) is 0 Å².